The predicted molar refractivity (Wildman–Crippen MR) is 45.6 cm³/mol. The van der Waals surface area contributed by atoms with E-state index >= 15 is 0 Å². The maximum atomic E-state index is 10.9. The number of H-pyrrole nitrogens is 1. The Labute approximate surface area is 74.5 Å². The molecule has 0 atom stereocenters. The van der Waals surface area contributed by atoms with Gasteiger partial charge in [0.05, 0.1) is 12.3 Å². The molecule has 0 aliphatic carbocycles. The molecule has 5 heteroatoms. The molecule has 66 valence electrons. The smallest absolute Gasteiger partial charge is 0.296 e. The van der Waals surface area contributed by atoms with Crippen LogP contribution in [-0.2, 0) is 0 Å². The van der Waals surface area contributed by atoms with E-state index in [0.717, 1.165) is 0 Å². The van der Waals surface area contributed by atoms with Crippen LogP contribution in [-0.4, -0.2) is 16.1 Å². The van der Waals surface area contributed by atoms with Crippen LogP contribution in [0.5, 0.6) is 6.01 Å². The molecular formula is C7H9ClN2O2. The van der Waals surface area contributed by atoms with Crippen LogP contribution in [0, 0.1) is 0 Å². The van der Waals surface area contributed by atoms with Crippen LogP contribution in [0.25, 0.3) is 0 Å². The van der Waals surface area contributed by atoms with Gasteiger partial charge in [-0.25, -0.2) is 4.98 Å². The molecule has 4 nitrogen and oxygen atoms in total. The number of hydrogen-bond donors (Lipinski definition) is 1. The van der Waals surface area contributed by atoms with Gasteiger partial charge in [-0.15, -0.1) is 0 Å². The van der Waals surface area contributed by atoms with E-state index in [1.807, 2.05) is 13.8 Å². The van der Waals surface area contributed by atoms with Crippen LogP contribution in [0.2, 0.25) is 5.02 Å². The fraction of sp³-hybridized carbons (Fsp3) is 0.429. The molecule has 0 spiro atoms. The van der Waals surface area contributed by atoms with E-state index in [0.29, 0.717) is 0 Å². The van der Waals surface area contributed by atoms with E-state index in [1.54, 1.807) is 0 Å². The van der Waals surface area contributed by atoms with Crippen molar-refractivity contribution in [3.8, 4) is 6.01 Å². The van der Waals surface area contributed by atoms with Gasteiger partial charge in [0.25, 0.3) is 11.6 Å². The van der Waals surface area contributed by atoms with E-state index < -0.39 is 0 Å². The third-order valence-electron chi connectivity index (χ3n) is 1.08. The summed E-state index contributed by atoms with van der Waals surface area (Å²) in [6, 6.07) is 0.194. The van der Waals surface area contributed by atoms with Crippen molar-refractivity contribution in [2.45, 2.75) is 20.0 Å². The molecule has 1 aromatic rings. The Balaban J connectivity index is 2.90. The summed E-state index contributed by atoms with van der Waals surface area (Å²) >= 11 is 5.46. The first kappa shape index (κ1) is 9.06. The second-order valence-corrected chi connectivity index (χ2v) is 2.94. The average Bonchev–Trinajstić information content (AvgIpc) is 1.96. The lowest BCUT2D eigenvalue weighted by Gasteiger charge is -2.06. The Hall–Kier alpha value is -1.03. The molecule has 1 heterocycles. The largest absolute Gasteiger partial charge is 0.462 e. The number of hydrogen-bond acceptors (Lipinski definition) is 3. The number of aromatic nitrogens is 2. The van der Waals surface area contributed by atoms with Gasteiger partial charge in [-0.2, -0.15) is 0 Å². The lowest BCUT2D eigenvalue weighted by atomic mass is 10.5. The fourth-order valence-corrected chi connectivity index (χ4v) is 0.742. The van der Waals surface area contributed by atoms with E-state index in [2.05, 4.69) is 9.97 Å². The maximum Gasteiger partial charge on any atom is 0.296 e. The van der Waals surface area contributed by atoms with Crippen LogP contribution in [0.4, 0.5) is 0 Å². The summed E-state index contributed by atoms with van der Waals surface area (Å²) in [5, 5.41) is 0.0612. The molecule has 0 saturated carbocycles. The molecule has 0 saturated heterocycles. The summed E-state index contributed by atoms with van der Waals surface area (Å²) in [4.78, 5) is 17.1. The second kappa shape index (κ2) is 3.58. The van der Waals surface area contributed by atoms with Gasteiger partial charge in [-0.1, -0.05) is 11.6 Å². The van der Waals surface area contributed by atoms with Gasteiger partial charge in [-0.3, -0.25) is 9.78 Å². The molecule has 12 heavy (non-hydrogen) atoms. The lowest BCUT2D eigenvalue weighted by Crippen LogP contribution is -2.14. The highest BCUT2D eigenvalue weighted by atomic mass is 35.5. The Morgan fingerprint density at radius 3 is 2.83 bits per heavy atom. The van der Waals surface area contributed by atoms with Gasteiger partial charge >= 0.3 is 0 Å². The predicted octanol–water partition coefficient (Wildman–Crippen LogP) is 1.21. The summed E-state index contributed by atoms with van der Waals surface area (Å²) in [6.07, 6.45) is 1.24. The quantitative estimate of drug-likeness (QED) is 0.759. The fourth-order valence-electron chi connectivity index (χ4n) is 0.646. The number of nitrogens with zero attached hydrogens (tertiary/aromatic N) is 1. The van der Waals surface area contributed by atoms with Crippen molar-refractivity contribution >= 4 is 11.6 Å². The molecule has 0 unspecified atom stereocenters. The molecule has 1 aromatic heterocycles. The highest BCUT2D eigenvalue weighted by Gasteiger charge is 2.01. The number of aromatic amines is 1. The molecule has 1 rings (SSSR count). The van der Waals surface area contributed by atoms with Crippen molar-refractivity contribution in [3.05, 3.63) is 21.6 Å². The monoisotopic (exact) mass is 188 g/mol. The minimum absolute atomic E-state index is 0.0191. The highest BCUT2D eigenvalue weighted by molar-refractivity contribution is 6.30. The van der Waals surface area contributed by atoms with Crippen LogP contribution < -0.4 is 10.3 Å². The molecule has 0 aliphatic rings. The topological polar surface area (TPSA) is 55.0 Å². The molecule has 0 radical (unpaired) electrons. The van der Waals surface area contributed by atoms with Crippen LogP contribution in [0.3, 0.4) is 0 Å². The van der Waals surface area contributed by atoms with Crippen molar-refractivity contribution in [2.24, 2.45) is 0 Å². The Morgan fingerprint density at radius 2 is 2.33 bits per heavy atom. The SMILES string of the molecule is CC(C)Oc1ncc(Cl)c(=O)[nH]1. The third kappa shape index (κ3) is 2.23. The van der Waals surface area contributed by atoms with Crippen molar-refractivity contribution in [1.29, 1.82) is 0 Å². The molecule has 0 bridgehead atoms. The number of nitrogens with one attached hydrogen (secondary N) is 1. The molecule has 0 fully saturated rings. The van der Waals surface area contributed by atoms with Gasteiger partial charge < -0.3 is 4.74 Å². The highest BCUT2D eigenvalue weighted by Crippen LogP contribution is 2.03. The zero-order valence-corrected chi connectivity index (χ0v) is 7.55. The first-order valence-electron chi connectivity index (χ1n) is 3.51. The van der Waals surface area contributed by atoms with Crippen LogP contribution in [0.15, 0.2) is 11.0 Å². The van der Waals surface area contributed by atoms with Gasteiger partial charge in [0.15, 0.2) is 0 Å². The number of halogens is 1. The summed E-state index contributed by atoms with van der Waals surface area (Å²) in [5.74, 6) is 0. The third-order valence-corrected chi connectivity index (χ3v) is 1.35. The number of ether oxygens (including phenoxy) is 1. The minimum atomic E-state index is -0.387. The minimum Gasteiger partial charge on any atom is -0.462 e. The van der Waals surface area contributed by atoms with Crippen molar-refractivity contribution in [3.63, 3.8) is 0 Å². The lowest BCUT2D eigenvalue weighted by molar-refractivity contribution is 0.221. The first-order chi connectivity index (χ1) is 5.59. The van der Waals surface area contributed by atoms with E-state index in [1.165, 1.54) is 6.20 Å². The van der Waals surface area contributed by atoms with Crippen LogP contribution >= 0.6 is 11.6 Å². The Bertz CT molecular complexity index is 321. The van der Waals surface area contributed by atoms with Gasteiger partial charge in [0, 0.05) is 0 Å². The molecule has 0 amide bonds. The number of rotatable bonds is 2. The molecule has 0 aliphatic heterocycles. The molecule has 0 aromatic carbocycles. The van der Waals surface area contributed by atoms with Crippen molar-refractivity contribution in [2.75, 3.05) is 0 Å². The Kier molecular flexibility index (Phi) is 2.70. The van der Waals surface area contributed by atoms with Gasteiger partial charge in [-0.05, 0) is 13.8 Å². The van der Waals surface area contributed by atoms with E-state index in [-0.39, 0.29) is 22.7 Å². The first-order valence-corrected chi connectivity index (χ1v) is 3.89. The van der Waals surface area contributed by atoms with Gasteiger partial charge in [0.1, 0.15) is 5.02 Å². The molecule has 1 N–H and O–H groups in total. The normalized spacial score (nSPS) is 10.3. The van der Waals surface area contributed by atoms with E-state index in [4.69, 9.17) is 16.3 Å². The summed E-state index contributed by atoms with van der Waals surface area (Å²) in [6.45, 7) is 3.68. The summed E-state index contributed by atoms with van der Waals surface area (Å²) in [7, 11) is 0. The Morgan fingerprint density at radius 1 is 1.67 bits per heavy atom. The van der Waals surface area contributed by atoms with E-state index in [9.17, 15) is 4.79 Å². The van der Waals surface area contributed by atoms with Crippen molar-refractivity contribution < 1.29 is 4.74 Å². The zero-order chi connectivity index (χ0) is 9.14. The second-order valence-electron chi connectivity index (χ2n) is 2.53. The van der Waals surface area contributed by atoms with Crippen LogP contribution in [0.1, 0.15) is 13.8 Å². The van der Waals surface area contributed by atoms with Gasteiger partial charge in [0.2, 0.25) is 0 Å². The standard InChI is InChI=1S/C7H9ClN2O2/c1-4(2)12-7-9-3-5(8)6(11)10-7/h3-4H,1-2H3,(H,9,10,11). The molecular weight excluding hydrogens is 180 g/mol. The maximum absolute atomic E-state index is 10.9. The van der Waals surface area contributed by atoms with Crippen molar-refractivity contribution in [1.82, 2.24) is 9.97 Å². The summed E-state index contributed by atoms with van der Waals surface area (Å²) < 4.78 is 5.12. The average molecular weight is 189 g/mol. The summed E-state index contributed by atoms with van der Waals surface area (Å²) in [5.41, 5.74) is -0.387. The zero-order valence-electron chi connectivity index (χ0n) is 6.80.